The van der Waals surface area contributed by atoms with Crippen molar-refractivity contribution < 1.29 is 20.1 Å². The molecule has 0 saturated heterocycles. The minimum atomic E-state index is 0. The van der Waals surface area contributed by atoms with Crippen LogP contribution in [0.2, 0.25) is 0 Å². The van der Waals surface area contributed by atoms with E-state index in [1.807, 2.05) is 60.8 Å². The minimum Gasteiger partial charge on any atom is -0.310 e. The number of hydrogen-bond donors (Lipinski definition) is 0. The number of nitrogens with zero attached hydrogens (tertiary/aromatic N) is 5. The van der Waals surface area contributed by atoms with Crippen molar-refractivity contribution in [3.63, 3.8) is 0 Å². The molecule has 18 rings (SSSR count). The average Bonchev–Trinajstić information content (AvgIpc) is 0.746. The van der Waals surface area contributed by atoms with Gasteiger partial charge >= 0.3 is 20.1 Å². The SMILES string of the molecule is CC(C)(C)c1c[c-]c(-c2ccccn2)cc1.CC(C)(C)c1c[c-]c(-c2ccccn2)cc1.CCC(C)c1ccc(-c2cc(C)c(B(c3c(C)cc(-c4ccccc4)cc3C)c3c(C)cc(-c4ccccc4)cc3C)c(C)c2)cc1.CCC(CC(C)c1c[c-]c(-c2ccccn2)cc1)c1ccc(N(c2cccc(C)c2)c2ccc(-c3ccc(N(c4cccc(C)c4)c4cccc(C)c4)c(C)c3)cc2C)cc1C.[Ir+3]. The Balaban J connectivity index is 0.000000174. The molecule has 7 heteroatoms. The Hall–Kier alpha value is -13.9. The molecule has 714 valence electrons. The second kappa shape index (κ2) is 47.1. The van der Waals surface area contributed by atoms with Gasteiger partial charge in [0.1, 0.15) is 0 Å². The fourth-order valence-corrected chi connectivity index (χ4v) is 20.0. The third-order valence-electron chi connectivity index (χ3n) is 27.9. The van der Waals surface area contributed by atoms with E-state index in [0.29, 0.717) is 17.8 Å². The molecular weight excluding hydrogens is 1890 g/mol. The number of pyridine rings is 3. The van der Waals surface area contributed by atoms with Crippen molar-refractivity contribution in [2.75, 3.05) is 9.80 Å². The number of hydrogen-bond acceptors (Lipinski definition) is 5. The van der Waals surface area contributed by atoms with Crippen LogP contribution in [0.25, 0.3) is 78.3 Å². The zero-order chi connectivity index (χ0) is 99.8. The molecular formula is C135H137BIrN5. The van der Waals surface area contributed by atoms with Gasteiger partial charge in [-0.3, -0.25) is 0 Å². The van der Waals surface area contributed by atoms with Gasteiger partial charge in [0.2, 0.25) is 6.71 Å². The largest absolute Gasteiger partial charge is 3.00 e. The summed E-state index contributed by atoms with van der Waals surface area (Å²) in [6, 6.07) is 140. The molecule has 0 amide bonds. The van der Waals surface area contributed by atoms with Gasteiger partial charge in [-0.25, -0.2) is 0 Å². The molecule has 0 aliphatic rings. The Labute approximate surface area is 863 Å². The molecule has 0 aliphatic heterocycles. The molecule has 3 heterocycles. The molecule has 0 fully saturated rings. The summed E-state index contributed by atoms with van der Waals surface area (Å²) in [5.41, 5.74) is 50.0. The van der Waals surface area contributed by atoms with Gasteiger partial charge in [-0.15, -0.1) is 106 Å². The van der Waals surface area contributed by atoms with Gasteiger partial charge in [0, 0.05) is 52.7 Å². The van der Waals surface area contributed by atoms with E-state index in [4.69, 9.17) is 0 Å². The Morgan fingerprint density at radius 1 is 0.282 bits per heavy atom. The van der Waals surface area contributed by atoms with E-state index in [-0.39, 0.29) is 37.6 Å². The molecule has 0 saturated carbocycles. The van der Waals surface area contributed by atoms with Crippen LogP contribution in [-0.2, 0) is 30.9 Å². The predicted octanol–water partition coefficient (Wildman–Crippen LogP) is 35.0. The van der Waals surface area contributed by atoms with Crippen LogP contribution in [0.3, 0.4) is 0 Å². The van der Waals surface area contributed by atoms with Crippen molar-refractivity contribution in [1.29, 1.82) is 0 Å². The molecule has 0 aliphatic carbocycles. The van der Waals surface area contributed by atoms with Gasteiger partial charge in [-0.05, 0) is 322 Å². The second-order valence-corrected chi connectivity index (χ2v) is 40.8. The third-order valence-corrected chi connectivity index (χ3v) is 27.9. The van der Waals surface area contributed by atoms with Crippen molar-refractivity contribution in [1.82, 2.24) is 15.0 Å². The van der Waals surface area contributed by atoms with E-state index >= 15 is 0 Å². The summed E-state index contributed by atoms with van der Waals surface area (Å²) in [7, 11) is 0. The summed E-state index contributed by atoms with van der Waals surface area (Å²) >= 11 is 0. The van der Waals surface area contributed by atoms with Crippen LogP contribution in [0.5, 0.6) is 0 Å². The quantitative estimate of drug-likeness (QED) is 0.0472. The summed E-state index contributed by atoms with van der Waals surface area (Å²) in [5, 5.41) is 0. The molecule has 0 N–H and O–H groups in total. The Morgan fingerprint density at radius 3 is 0.930 bits per heavy atom. The molecule has 142 heavy (non-hydrogen) atoms. The molecule has 15 aromatic carbocycles. The van der Waals surface area contributed by atoms with Crippen LogP contribution in [0.1, 0.15) is 201 Å². The molecule has 3 unspecified atom stereocenters. The topological polar surface area (TPSA) is 45.2 Å². The van der Waals surface area contributed by atoms with E-state index in [2.05, 4.69) is 499 Å². The van der Waals surface area contributed by atoms with E-state index in [0.717, 1.165) is 70.1 Å². The zero-order valence-electron chi connectivity index (χ0n) is 87.3. The molecule has 0 radical (unpaired) electrons. The van der Waals surface area contributed by atoms with Crippen LogP contribution < -0.4 is 26.2 Å². The molecule has 18 aromatic rings. The first kappa shape index (κ1) is 104. The molecule has 5 nitrogen and oxygen atoms in total. The fourth-order valence-electron chi connectivity index (χ4n) is 20.0. The number of aryl methyl sites for hydroxylation is 12. The first-order valence-electron chi connectivity index (χ1n) is 50.3. The Morgan fingerprint density at radius 2 is 0.620 bits per heavy atom. The summed E-state index contributed by atoms with van der Waals surface area (Å²) in [6.07, 6.45) is 8.77. The van der Waals surface area contributed by atoms with Crippen molar-refractivity contribution in [2.24, 2.45) is 0 Å². The van der Waals surface area contributed by atoms with Gasteiger partial charge < -0.3 is 24.8 Å². The van der Waals surface area contributed by atoms with Crippen LogP contribution in [0.4, 0.5) is 34.1 Å². The van der Waals surface area contributed by atoms with E-state index in [1.165, 1.54) is 173 Å². The van der Waals surface area contributed by atoms with E-state index in [9.17, 15) is 0 Å². The normalized spacial score (nSPS) is 11.8. The van der Waals surface area contributed by atoms with Crippen molar-refractivity contribution in [3.8, 4) is 78.3 Å². The van der Waals surface area contributed by atoms with Gasteiger partial charge in [-0.2, -0.15) is 0 Å². The minimum absolute atomic E-state index is 0. The maximum atomic E-state index is 4.51. The first-order chi connectivity index (χ1) is 67.9. The molecule has 3 atom stereocenters. The number of benzene rings is 15. The number of rotatable bonds is 23. The van der Waals surface area contributed by atoms with Gasteiger partial charge in [-0.1, -0.05) is 337 Å². The van der Waals surface area contributed by atoms with Crippen molar-refractivity contribution in [3.05, 3.63) is 489 Å². The average molecular weight is 2030 g/mol. The standard InChI is InChI=1S/C59H58N3.C46H47B.2C15H16N.Ir/c1-9-47(36-43(5)48-22-24-49(25-23-48)57-21-10-11-32-60-57)56-29-28-55(39-44(56)6)62(54-20-14-17-42(4)35-54)59-31-27-51(38-46(59)8)50-26-30-58(45(7)37-50)61(52-18-12-15-40(2)33-52)53-19-13-16-41(3)34-53;1-9-30(2)37-20-22-40(23-21-37)43-28-35(7)46(36(8)29-43)47(44-31(3)24-41(25-32(44)4)38-16-12-10-13-17-38)45-33(5)26-42(27-34(45)6)39-18-14-11-15-19-39;2*1-15(2,3)13-9-7-12(8-10-13)14-6-4-5-11-16-14;/h10-24,26-35,37-39,43,47H,9,36H2,1-8H3;10-30H,9H2,1-8H3;2*4-7,9-11H,1-3H3;/q-1;;2*-1;+3. The smallest absolute Gasteiger partial charge is 0.310 e. The second-order valence-electron chi connectivity index (χ2n) is 40.8. The van der Waals surface area contributed by atoms with Crippen LogP contribution in [0, 0.1) is 101 Å². The van der Waals surface area contributed by atoms with Crippen LogP contribution >= 0.6 is 0 Å². The zero-order valence-corrected chi connectivity index (χ0v) is 89.7. The van der Waals surface area contributed by atoms with Crippen LogP contribution in [0.15, 0.2) is 377 Å². The predicted molar refractivity (Wildman–Crippen MR) is 606 cm³/mol. The summed E-state index contributed by atoms with van der Waals surface area (Å²) in [4.78, 5) is 17.9. The van der Waals surface area contributed by atoms with Crippen molar-refractivity contribution >= 4 is 57.2 Å². The molecule has 0 spiro atoms. The maximum Gasteiger partial charge on any atom is 3.00 e. The first-order valence-corrected chi connectivity index (χ1v) is 50.3. The van der Waals surface area contributed by atoms with Crippen molar-refractivity contribution in [2.45, 2.75) is 200 Å². The summed E-state index contributed by atoms with van der Waals surface area (Å²) < 4.78 is 0. The number of anilines is 6. The summed E-state index contributed by atoms with van der Waals surface area (Å²) in [5.74, 6) is 1.42. The number of aromatic nitrogens is 3. The van der Waals surface area contributed by atoms with Gasteiger partial charge in [0.25, 0.3) is 0 Å². The van der Waals surface area contributed by atoms with E-state index < -0.39 is 0 Å². The monoisotopic (exact) mass is 2030 g/mol. The summed E-state index contributed by atoms with van der Waals surface area (Å²) in [6.45, 7) is 49.7. The third kappa shape index (κ3) is 25.3. The van der Waals surface area contributed by atoms with Crippen LogP contribution in [-0.4, -0.2) is 21.7 Å². The molecule has 3 aromatic heterocycles. The van der Waals surface area contributed by atoms with Gasteiger partial charge in [0.15, 0.2) is 0 Å². The Kier molecular flexibility index (Phi) is 34.5. The van der Waals surface area contributed by atoms with E-state index in [1.54, 1.807) is 12.4 Å². The fraction of sp³-hybridized carbons (Fsp3) is 0.222. The Bertz CT molecular complexity index is 6940. The molecule has 0 bridgehead atoms. The van der Waals surface area contributed by atoms with Gasteiger partial charge in [0.05, 0.1) is 0 Å². The maximum absolute atomic E-state index is 4.51.